The molecule has 0 bridgehead atoms. The molecule has 0 radical (unpaired) electrons. The zero-order valence-corrected chi connectivity index (χ0v) is 36.9. The van der Waals surface area contributed by atoms with Crippen molar-refractivity contribution in [2.24, 2.45) is 0 Å². The predicted octanol–water partition coefficient (Wildman–Crippen LogP) is 16.1. The van der Waals surface area contributed by atoms with E-state index in [9.17, 15) is 0 Å². The minimum absolute atomic E-state index is 0.596. The van der Waals surface area contributed by atoms with Crippen molar-refractivity contribution in [1.29, 1.82) is 0 Å². The van der Waals surface area contributed by atoms with Crippen LogP contribution in [0, 0.1) is 0 Å². The number of nitrogens with zero attached hydrogens (tertiary/aromatic N) is 5. The molecule has 0 saturated carbocycles. The van der Waals surface area contributed by atoms with Crippen LogP contribution in [-0.4, -0.2) is 24.1 Å². The van der Waals surface area contributed by atoms with Crippen molar-refractivity contribution >= 4 is 43.6 Å². The summed E-state index contributed by atoms with van der Waals surface area (Å²) < 4.78 is 4.77. The first kappa shape index (κ1) is 39.2. The molecule has 0 spiro atoms. The van der Waals surface area contributed by atoms with Gasteiger partial charge in [0.25, 0.3) is 0 Å². The van der Waals surface area contributed by atoms with E-state index in [-0.39, 0.29) is 0 Å². The molecule has 68 heavy (non-hydrogen) atoms. The lowest BCUT2D eigenvalue weighted by atomic mass is 9.96. The van der Waals surface area contributed by atoms with Crippen LogP contribution in [0.2, 0.25) is 0 Å². The molecule has 0 atom stereocenters. The maximum Gasteiger partial charge on any atom is 0.166 e. The highest BCUT2D eigenvalue weighted by Gasteiger charge is 2.21. The Bertz CT molecular complexity index is 3900. The van der Waals surface area contributed by atoms with Gasteiger partial charge in [0.2, 0.25) is 0 Å². The van der Waals surface area contributed by atoms with Gasteiger partial charge in [-0.05, 0) is 76.3 Å². The van der Waals surface area contributed by atoms with Crippen molar-refractivity contribution in [1.82, 2.24) is 24.1 Å². The van der Waals surface area contributed by atoms with Crippen LogP contribution in [0.25, 0.3) is 123 Å². The summed E-state index contributed by atoms with van der Waals surface area (Å²) in [7, 11) is 0. The average Bonchev–Trinajstić information content (AvgIpc) is 3.94. The molecule has 5 heteroatoms. The van der Waals surface area contributed by atoms with Gasteiger partial charge in [-0.1, -0.05) is 200 Å². The minimum atomic E-state index is 0.596. The Balaban J connectivity index is 1.00. The second-order valence-electron chi connectivity index (χ2n) is 17.2. The van der Waals surface area contributed by atoms with Crippen LogP contribution in [0.1, 0.15) is 0 Å². The van der Waals surface area contributed by atoms with E-state index in [0.29, 0.717) is 17.5 Å². The molecule has 0 aliphatic rings. The van der Waals surface area contributed by atoms with E-state index in [4.69, 9.17) is 15.0 Å². The molecule has 318 valence electrons. The Kier molecular flexibility index (Phi) is 9.43. The van der Waals surface area contributed by atoms with Crippen molar-refractivity contribution in [3.05, 3.63) is 249 Å². The van der Waals surface area contributed by atoms with Gasteiger partial charge in [0, 0.05) is 43.8 Å². The van der Waals surface area contributed by atoms with Gasteiger partial charge in [0.1, 0.15) is 0 Å². The van der Waals surface area contributed by atoms with Crippen molar-refractivity contribution in [2.45, 2.75) is 0 Å². The van der Waals surface area contributed by atoms with E-state index in [2.05, 4.69) is 240 Å². The molecular weight excluding hydrogens is 827 g/mol. The molecule has 0 aliphatic carbocycles. The summed E-state index contributed by atoms with van der Waals surface area (Å²) in [5.41, 5.74) is 16.2. The predicted molar refractivity (Wildman–Crippen MR) is 281 cm³/mol. The molecule has 10 aromatic carbocycles. The van der Waals surface area contributed by atoms with Crippen molar-refractivity contribution < 1.29 is 0 Å². The summed E-state index contributed by atoms with van der Waals surface area (Å²) in [6.07, 6.45) is 0. The minimum Gasteiger partial charge on any atom is -0.309 e. The van der Waals surface area contributed by atoms with Crippen LogP contribution >= 0.6 is 0 Å². The molecule has 0 amide bonds. The fraction of sp³-hybridized carbons (Fsp3) is 0. The molecule has 0 saturated heterocycles. The summed E-state index contributed by atoms with van der Waals surface area (Å²) in [5, 5.41) is 4.84. The van der Waals surface area contributed by atoms with Crippen LogP contribution in [0.4, 0.5) is 0 Å². The Hall–Kier alpha value is -9.19. The van der Waals surface area contributed by atoms with Gasteiger partial charge in [0.15, 0.2) is 17.5 Å². The summed E-state index contributed by atoms with van der Waals surface area (Å²) in [6.45, 7) is 0. The molecule has 0 aliphatic heterocycles. The Morgan fingerprint density at radius 2 is 0.574 bits per heavy atom. The number of hydrogen-bond donors (Lipinski definition) is 0. The van der Waals surface area contributed by atoms with Crippen LogP contribution in [0.15, 0.2) is 249 Å². The topological polar surface area (TPSA) is 48.5 Å². The van der Waals surface area contributed by atoms with Gasteiger partial charge >= 0.3 is 0 Å². The smallest absolute Gasteiger partial charge is 0.166 e. The third kappa shape index (κ3) is 6.68. The Morgan fingerprint density at radius 3 is 1.07 bits per heavy atom. The Labute approximate surface area is 393 Å². The molecule has 3 aromatic heterocycles. The SMILES string of the molecule is c1ccc(-c2ccc(-n3c4ccccc4c4ccccc43)c(-c3ccc(-c4nc(-c5ccccc5)nc(-c5ccc(-c6ccccc6)cc5-n5c6ccccc6c6ccccc65)n4)cc3)c2)cc1. The lowest BCUT2D eigenvalue weighted by Crippen LogP contribution is -2.04. The normalized spacial score (nSPS) is 11.5. The van der Waals surface area contributed by atoms with Gasteiger partial charge in [-0.3, -0.25) is 0 Å². The first-order chi connectivity index (χ1) is 33.7. The summed E-state index contributed by atoms with van der Waals surface area (Å²) in [5.74, 6) is 1.80. The first-order valence-corrected chi connectivity index (χ1v) is 23.0. The number of hydrogen-bond acceptors (Lipinski definition) is 3. The zero-order chi connectivity index (χ0) is 45.0. The highest BCUT2D eigenvalue weighted by Crippen LogP contribution is 2.41. The quantitative estimate of drug-likeness (QED) is 0.153. The van der Waals surface area contributed by atoms with Crippen molar-refractivity contribution in [3.63, 3.8) is 0 Å². The second kappa shape index (κ2) is 16.4. The van der Waals surface area contributed by atoms with Gasteiger partial charge in [-0.25, -0.2) is 15.0 Å². The molecule has 13 aromatic rings. The third-order valence-corrected chi connectivity index (χ3v) is 13.2. The molecule has 0 unspecified atom stereocenters. The fourth-order valence-electron chi connectivity index (χ4n) is 9.99. The molecular formula is C63H41N5. The van der Waals surface area contributed by atoms with E-state index in [0.717, 1.165) is 66.9 Å². The van der Waals surface area contributed by atoms with E-state index in [1.165, 1.54) is 38.1 Å². The largest absolute Gasteiger partial charge is 0.309 e. The summed E-state index contributed by atoms with van der Waals surface area (Å²) in [6, 6.07) is 88.2. The summed E-state index contributed by atoms with van der Waals surface area (Å²) >= 11 is 0. The summed E-state index contributed by atoms with van der Waals surface area (Å²) in [4.78, 5) is 15.9. The molecule has 13 rings (SSSR count). The highest BCUT2D eigenvalue weighted by atomic mass is 15.1. The average molecular weight is 868 g/mol. The molecule has 5 nitrogen and oxygen atoms in total. The number of rotatable bonds is 8. The lowest BCUT2D eigenvalue weighted by molar-refractivity contribution is 1.06. The molecule has 0 fully saturated rings. The standard InChI is InChI=1S/C63H41N5/c1-4-18-42(19-5-1)47-37-39-59(67-55-28-14-10-24-49(55)50-25-11-15-29-56(50)67)54(40-47)44-32-34-46(35-33-44)62-64-61(45-22-8-3-9-23-45)65-63(66-62)53-38-36-48(43-20-6-2-7-21-43)41-60(53)68-57-30-16-12-26-51(57)52-27-13-17-31-58(52)68/h1-41H. The van der Waals surface area contributed by atoms with Crippen LogP contribution in [0.3, 0.4) is 0 Å². The molecule has 3 heterocycles. The zero-order valence-electron chi connectivity index (χ0n) is 36.9. The van der Waals surface area contributed by atoms with Crippen LogP contribution in [-0.2, 0) is 0 Å². The van der Waals surface area contributed by atoms with Gasteiger partial charge in [-0.2, -0.15) is 0 Å². The Morgan fingerprint density at radius 1 is 0.221 bits per heavy atom. The maximum absolute atomic E-state index is 5.38. The molecule has 0 N–H and O–H groups in total. The van der Waals surface area contributed by atoms with Crippen LogP contribution in [0.5, 0.6) is 0 Å². The fourth-order valence-corrected chi connectivity index (χ4v) is 9.99. The van der Waals surface area contributed by atoms with Crippen molar-refractivity contribution in [3.8, 4) is 78.9 Å². The maximum atomic E-state index is 5.38. The lowest BCUT2D eigenvalue weighted by Gasteiger charge is -2.17. The van der Waals surface area contributed by atoms with Crippen molar-refractivity contribution in [2.75, 3.05) is 0 Å². The van der Waals surface area contributed by atoms with Gasteiger partial charge in [-0.15, -0.1) is 0 Å². The number of aromatic nitrogens is 5. The monoisotopic (exact) mass is 867 g/mol. The first-order valence-electron chi connectivity index (χ1n) is 23.0. The van der Waals surface area contributed by atoms with E-state index >= 15 is 0 Å². The van der Waals surface area contributed by atoms with E-state index < -0.39 is 0 Å². The van der Waals surface area contributed by atoms with Crippen LogP contribution < -0.4 is 0 Å². The number of fused-ring (bicyclic) bond motifs is 6. The number of para-hydroxylation sites is 4. The second-order valence-corrected chi connectivity index (χ2v) is 17.2. The van der Waals surface area contributed by atoms with E-state index in [1.807, 2.05) is 18.2 Å². The highest BCUT2D eigenvalue weighted by molar-refractivity contribution is 6.11. The van der Waals surface area contributed by atoms with Gasteiger partial charge < -0.3 is 9.13 Å². The number of benzene rings is 10. The third-order valence-electron chi connectivity index (χ3n) is 13.2. The van der Waals surface area contributed by atoms with E-state index in [1.54, 1.807) is 0 Å². The van der Waals surface area contributed by atoms with Gasteiger partial charge in [0.05, 0.1) is 33.4 Å².